The van der Waals surface area contributed by atoms with Crippen molar-refractivity contribution >= 4 is 51.8 Å². The molecule has 4 aromatic rings. The molecule has 4 aromatic carbocycles. The highest BCUT2D eigenvalue weighted by Crippen LogP contribution is 2.36. The number of carbonyl (C=O) groups excluding carboxylic acids is 1. The highest BCUT2D eigenvalue weighted by Gasteiger charge is 2.15. The molecule has 0 fully saturated rings. The molecule has 1 aliphatic rings. The van der Waals surface area contributed by atoms with E-state index in [9.17, 15) is 4.79 Å². The molecular formula is C26H17Cl2NO2. The van der Waals surface area contributed by atoms with Crippen LogP contribution in [0.5, 0.6) is 5.75 Å². The molecule has 5 heteroatoms. The average Bonchev–Trinajstić information content (AvgIpc) is 3.19. The van der Waals surface area contributed by atoms with Crippen molar-refractivity contribution in [2.45, 2.75) is 12.8 Å². The Bertz CT molecular complexity index is 1330. The van der Waals surface area contributed by atoms with Crippen LogP contribution in [-0.2, 0) is 12.8 Å². The van der Waals surface area contributed by atoms with Gasteiger partial charge in [-0.05, 0) is 83.4 Å². The Hall–Kier alpha value is -3.14. The van der Waals surface area contributed by atoms with Crippen molar-refractivity contribution < 1.29 is 9.53 Å². The number of aliphatic imine (C=N–C) groups is 1. The molecule has 0 unspecified atom stereocenters. The number of carbonyl (C=O) groups is 1. The topological polar surface area (TPSA) is 38.7 Å². The number of aryl methyl sites for hydroxylation is 2. The second-order valence-corrected chi connectivity index (χ2v) is 8.27. The monoisotopic (exact) mass is 445 g/mol. The number of nitrogens with zero attached hydrogens (tertiary/aromatic N) is 1. The molecular weight excluding hydrogens is 429 g/mol. The van der Waals surface area contributed by atoms with Gasteiger partial charge in [-0.1, -0.05) is 47.5 Å². The highest BCUT2D eigenvalue weighted by molar-refractivity contribution is 6.36. The molecule has 0 bridgehead atoms. The van der Waals surface area contributed by atoms with E-state index in [1.165, 1.54) is 28.0 Å². The highest BCUT2D eigenvalue weighted by atomic mass is 35.5. The van der Waals surface area contributed by atoms with Crippen molar-refractivity contribution in [3.8, 4) is 5.75 Å². The first-order valence-corrected chi connectivity index (χ1v) is 10.7. The van der Waals surface area contributed by atoms with E-state index in [0.29, 0.717) is 10.8 Å². The molecule has 0 heterocycles. The largest absolute Gasteiger partial charge is 0.423 e. The standard InChI is InChI=1S/C26H17Cl2NO2/c27-19-9-12-21(23(28)14-19)26(30)31-20-10-4-16(5-11-20)15-29-24-13-8-18-7-6-17-2-1-3-22(24)25(17)18/h1-5,8-15H,6-7H2. The maximum absolute atomic E-state index is 12.4. The van der Waals surface area contributed by atoms with Gasteiger partial charge in [0.1, 0.15) is 5.75 Å². The van der Waals surface area contributed by atoms with Crippen molar-refractivity contribution in [1.29, 1.82) is 0 Å². The van der Waals surface area contributed by atoms with E-state index in [0.717, 1.165) is 24.1 Å². The molecule has 0 spiro atoms. The van der Waals surface area contributed by atoms with Gasteiger partial charge in [-0.2, -0.15) is 0 Å². The zero-order chi connectivity index (χ0) is 21.4. The first kappa shape index (κ1) is 19.8. The predicted octanol–water partition coefficient (Wildman–Crippen LogP) is 7.22. The third-order valence-electron chi connectivity index (χ3n) is 5.45. The number of esters is 1. The Morgan fingerprint density at radius 2 is 1.68 bits per heavy atom. The lowest BCUT2D eigenvalue weighted by atomic mass is 10.0. The van der Waals surface area contributed by atoms with Gasteiger partial charge in [-0.3, -0.25) is 4.99 Å². The van der Waals surface area contributed by atoms with E-state index in [1.54, 1.807) is 24.3 Å². The van der Waals surface area contributed by atoms with Gasteiger partial charge in [0.15, 0.2) is 0 Å². The van der Waals surface area contributed by atoms with Gasteiger partial charge >= 0.3 is 5.97 Å². The van der Waals surface area contributed by atoms with Gasteiger partial charge in [0, 0.05) is 16.6 Å². The second kappa shape index (κ2) is 8.18. The summed E-state index contributed by atoms with van der Waals surface area (Å²) in [4.78, 5) is 17.1. The van der Waals surface area contributed by atoms with Crippen LogP contribution in [0.15, 0.2) is 77.8 Å². The minimum Gasteiger partial charge on any atom is -0.423 e. The molecule has 0 atom stereocenters. The fourth-order valence-corrected chi connectivity index (χ4v) is 4.41. The maximum Gasteiger partial charge on any atom is 0.345 e. The summed E-state index contributed by atoms with van der Waals surface area (Å²) < 4.78 is 5.42. The van der Waals surface area contributed by atoms with Crippen molar-refractivity contribution in [1.82, 2.24) is 0 Å². The SMILES string of the molecule is O=C(Oc1ccc(C=Nc2ccc3c4c(cccc24)CC3)cc1)c1ccc(Cl)cc1Cl. The number of hydrogen-bond acceptors (Lipinski definition) is 3. The zero-order valence-corrected chi connectivity index (χ0v) is 18.0. The molecule has 0 radical (unpaired) electrons. The van der Waals surface area contributed by atoms with Crippen LogP contribution in [-0.4, -0.2) is 12.2 Å². The summed E-state index contributed by atoms with van der Waals surface area (Å²) in [6.07, 6.45) is 4.02. The summed E-state index contributed by atoms with van der Waals surface area (Å²) in [6.45, 7) is 0. The molecule has 0 aromatic heterocycles. The second-order valence-electron chi connectivity index (χ2n) is 7.42. The van der Waals surface area contributed by atoms with Crippen LogP contribution < -0.4 is 4.74 Å². The third-order valence-corrected chi connectivity index (χ3v) is 6.00. The average molecular weight is 446 g/mol. The molecule has 152 valence electrons. The molecule has 0 N–H and O–H groups in total. The smallest absolute Gasteiger partial charge is 0.345 e. The number of benzene rings is 4. The van der Waals surface area contributed by atoms with Crippen LogP contribution in [0.4, 0.5) is 5.69 Å². The van der Waals surface area contributed by atoms with Gasteiger partial charge < -0.3 is 4.74 Å². The first-order chi connectivity index (χ1) is 15.1. The summed E-state index contributed by atoms with van der Waals surface area (Å²) in [5.41, 5.74) is 4.93. The number of ether oxygens (including phenoxy) is 1. The fourth-order valence-electron chi connectivity index (χ4n) is 3.93. The fraction of sp³-hybridized carbons (Fsp3) is 0.0769. The summed E-state index contributed by atoms with van der Waals surface area (Å²) in [7, 11) is 0. The van der Waals surface area contributed by atoms with Gasteiger partial charge in [0.25, 0.3) is 0 Å². The number of rotatable bonds is 4. The number of hydrogen-bond donors (Lipinski definition) is 0. The molecule has 0 aliphatic heterocycles. The molecule has 0 saturated carbocycles. The van der Waals surface area contributed by atoms with Gasteiger partial charge in [0.05, 0.1) is 16.3 Å². The van der Waals surface area contributed by atoms with Crippen molar-refractivity contribution in [3.05, 3.63) is 105 Å². The molecule has 0 saturated heterocycles. The van der Waals surface area contributed by atoms with Crippen LogP contribution in [0, 0.1) is 0 Å². The van der Waals surface area contributed by atoms with Gasteiger partial charge in [-0.15, -0.1) is 0 Å². The lowest BCUT2D eigenvalue weighted by Gasteiger charge is -2.07. The molecule has 3 nitrogen and oxygen atoms in total. The van der Waals surface area contributed by atoms with Crippen LogP contribution in [0.25, 0.3) is 10.8 Å². The summed E-state index contributed by atoms with van der Waals surface area (Å²) >= 11 is 12.0. The van der Waals surface area contributed by atoms with Crippen LogP contribution in [0.1, 0.15) is 27.0 Å². The normalized spacial score (nSPS) is 12.6. The van der Waals surface area contributed by atoms with Crippen molar-refractivity contribution in [2.75, 3.05) is 0 Å². The Morgan fingerprint density at radius 3 is 2.45 bits per heavy atom. The minimum atomic E-state index is -0.532. The van der Waals surface area contributed by atoms with E-state index >= 15 is 0 Å². The van der Waals surface area contributed by atoms with E-state index in [-0.39, 0.29) is 10.6 Å². The third kappa shape index (κ3) is 3.95. The summed E-state index contributed by atoms with van der Waals surface area (Å²) in [5, 5.41) is 3.26. The van der Waals surface area contributed by atoms with E-state index in [1.807, 2.05) is 18.3 Å². The quantitative estimate of drug-likeness (QED) is 0.189. The number of halogens is 2. The van der Waals surface area contributed by atoms with Gasteiger partial charge in [-0.25, -0.2) is 4.79 Å². The Balaban J connectivity index is 1.34. The van der Waals surface area contributed by atoms with Crippen molar-refractivity contribution in [3.63, 3.8) is 0 Å². The van der Waals surface area contributed by atoms with E-state index in [2.05, 4.69) is 30.3 Å². The van der Waals surface area contributed by atoms with Gasteiger partial charge in [0.2, 0.25) is 0 Å². The molecule has 1 aliphatic carbocycles. The van der Waals surface area contributed by atoms with Crippen LogP contribution in [0.3, 0.4) is 0 Å². The van der Waals surface area contributed by atoms with Crippen LogP contribution >= 0.6 is 23.2 Å². The lowest BCUT2D eigenvalue weighted by Crippen LogP contribution is -2.09. The molecule has 31 heavy (non-hydrogen) atoms. The van der Waals surface area contributed by atoms with E-state index < -0.39 is 5.97 Å². The lowest BCUT2D eigenvalue weighted by molar-refractivity contribution is 0.0735. The minimum absolute atomic E-state index is 0.256. The Labute approximate surface area is 189 Å². The summed E-state index contributed by atoms with van der Waals surface area (Å²) in [6, 6.07) is 22.5. The Kier molecular flexibility index (Phi) is 5.23. The Morgan fingerprint density at radius 1 is 0.903 bits per heavy atom. The zero-order valence-electron chi connectivity index (χ0n) is 16.4. The van der Waals surface area contributed by atoms with E-state index in [4.69, 9.17) is 32.9 Å². The molecule has 5 rings (SSSR count). The summed E-state index contributed by atoms with van der Waals surface area (Å²) in [5.74, 6) is -0.102. The molecule has 0 amide bonds. The maximum atomic E-state index is 12.4. The van der Waals surface area contributed by atoms with Crippen molar-refractivity contribution in [2.24, 2.45) is 4.99 Å². The predicted molar refractivity (Wildman–Crippen MR) is 126 cm³/mol. The first-order valence-electron chi connectivity index (χ1n) is 9.93. The van der Waals surface area contributed by atoms with Crippen LogP contribution in [0.2, 0.25) is 10.0 Å².